The van der Waals surface area contributed by atoms with Crippen molar-refractivity contribution in [3.63, 3.8) is 0 Å². The first-order valence-electron chi connectivity index (χ1n) is 3.01. The number of pyridine rings is 1. The summed E-state index contributed by atoms with van der Waals surface area (Å²) in [5.41, 5.74) is -1.42. The largest absolute Gasteiger partial charge is 0.496 e. The summed E-state index contributed by atoms with van der Waals surface area (Å²) in [7, 11) is -2.58. The van der Waals surface area contributed by atoms with Gasteiger partial charge in [-0.15, -0.1) is 0 Å². The van der Waals surface area contributed by atoms with E-state index in [2.05, 4.69) is 4.98 Å². The lowest BCUT2D eigenvalue weighted by Gasteiger charge is -2.03. The van der Waals surface area contributed by atoms with Crippen molar-refractivity contribution in [2.75, 3.05) is 0 Å². The van der Waals surface area contributed by atoms with Gasteiger partial charge < -0.3 is 10.0 Å². The van der Waals surface area contributed by atoms with Crippen molar-refractivity contribution in [1.29, 1.82) is 0 Å². The lowest BCUT2D eigenvalue weighted by atomic mass is 9.80. The summed E-state index contributed by atoms with van der Waals surface area (Å²) < 4.78 is 49.5. The minimum atomic E-state index is -2.58. The van der Waals surface area contributed by atoms with Gasteiger partial charge in [0, 0.05) is 0 Å². The standard InChI is InChI=1S/C5H2BF4NO2/c7-2-1(6(12)13)4(9)11-5(10)3(2)8/h12-13H. The Morgan fingerprint density at radius 2 is 1.46 bits per heavy atom. The third kappa shape index (κ3) is 1.63. The van der Waals surface area contributed by atoms with E-state index in [4.69, 9.17) is 10.0 Å². The smallest absolute Gasteiger partial charge is 0.423 e. The van der Waals surface area contributed by atoms with E-state index in [1.165, 1.54) is 0 Å². The van der Waals surface area contributed by atoms with Crippen LogP contribution in [0.4, 0.5) is 17.6 Å². The van der Waals surface area contributed by atoms with Crippen molar-refractivity contribution >= 4 is 12.6 Å². The summed E-state index contributed by atoms with van der Waals surface area (Å²) in [6, 6.07) is 0. The number of rotatable bonds is 1. The van der Waals surface area contributed by atoms with E-state index in [1.54, 1.807) is 0 Å². The molecule has 1 heterocycles. The molecule has 1 rings (SSSR count). The maximum Gasteiger partial charge on any atom is 0.496 e. The molecule has 70 valence electrons. The minimum Gasteiger partial charge on any atom is -0.423 e. The highest BCUT2D eigenvalue weighted by atomic mass is 19.2. The Kier molecular flexibility index (Phi) is 2.53. The average molecular weight is 195 g/mol. The van der Waals surface area contributed by atoms with E-state index in [9.17, 15) is 17.6 Å². The lowest BCUT2D eigenvalue weighted by molar-refractivity contribution is 0.389. The van der Waals surface area contributed by atoms with Gasteiger partial charge in [-0.05, 0) is 0 Å². The third-order valence-corrected chi connectivity index (χ3v) is 1.29. The second-order valence-corrected chi connectivity index (χ2v) is 2.11. The first kappa shape index (κ1) is 9.94. The van der Waals surface area contributed by atoms with Gasteiger partial charge in [-0.1, -0.05) is 0 Å². The zero-order valence-electron chi connectivity index (χ0n) is 5.93. The summed E-state index contributed by atoms with van der Waals surface area (Å²) in [5.74, 6) is -7.82. The fraction of sp³-hybridized carbons (Fsp3) is 0. The molecule has 0 amide bonds. The zero-order chi connectivity index (χ0) is 10.2. The molecular formula is C5H2BF4NO2. The molecular weight excluding hydrogens is 193 g/mol. The Labute approximate surface area is 69.8 Å². The molecule has 0 fully saturated rings. The van der Waals surface area contributed by atoms with E-state index >= 15 is 0 Å². The second kappa shape index (κ2) is 3.31. The highest BCUT2D eigenvalue weighted by molar-refractivity contribution is 6.58. The van der Waals surface area contributed by atoms with Gasteiger partial charge >= 0.3 is 7.12 Å². The maximum absolute atomic E-state index is 12.6. The Balaban J connectivity index is 3.44. The monoisotopic (exact) mass is 195 g/mol. The van der Waals surface area contributed by atoms with Gasteiger partial charge in [0.05, 0.1) is 5.46 Å². The van der Waals surface area contributed by atoms with Crippen LogP contribution >= 0.6 is 0 Å². The van der Waals surface area contributed by atoms with Crippen LogP contribution in [0.3, 0.4) is 0 Å². The molecule has 0 spiro atoms. The van der Waals surface area contributed by atoms with Gasteiger partial charge in [0.2, 0.25) is 11.8 Å². The van der Waals surface area contributed by atoms with Crippen molar-refractivity contribution in [3.8, 4) is 0 Å². The first-order chi connectivity index (χ1) is 5.95. The van der Waals surface area contributed by atoms with E-state index in [-0.39, 0.29) is 0 Å². The van der Waals surface area contributed by atoms with Gasteiger partial charge in [-0.2, -0.15) is 18.2 Å². The predicted octanol–water partition coefficient (Wildman–Crippen LogP) is -0.682. The van der Waals surface area contributed by atoms with Crippen LogP contribution in [-0.4, -0.2) is 22.2 Å². The van der Waals surface area contributed by atoms with Crippen LogP contribution in [-0.2, 0) is 0 Å². The molecule has 0 unspecified atom stereocenters. The fourth-order valence-corrected chi connectivity index (χ4v) is 0.715. The first-order valence-corrected chi connectivity index (χ1v) is 3.01. The van der Waals surface area contributed by atoms with Gasteiger partial charge in [0.25, 0.3) is 5.95 Å². The van der Waals surface area contributed by atoms with Crippen molar-refractivity contribution < 1.29 is 27.6 Å². The summed E-state index contributed by atoms with van der Waals surface area (Å²) in [4.78, 5) is 2.29. The molecule has 0 aliphatic heterocycles. The lowest BCUT2D eigenvalue weighted by Crippen LogP contribution is -2.38. The van der Waals surface area contributed by atoms with Crippen LogP contribution in [0.15, 0.2) is 0 Å². The van der Waals surface area contributed by atoms with E-state index in [0.29, 0.717) is 0 Å². The van der Waals surface area contributed by atoms with E-state index in [1.807, 2.05) is 0 Å². The predicted molar refractivity (Wildman–Crippen MR) is 33.9 cm³/mol. The normalized spacial score (nSPS) is 10.3. The van der Waals surface area contributed by atoms with Crippen LogP contribution in [0.2, 0.25) is 0 Å². The summed E-state index contributed by atoms with van der Waals surface area (Å²) in [6.45, 7) is 0. The number of hydrogen-bond donors (Lipinski definition) is 2. The molecule has 0 bridgehead atoms. The minimum absolute atomic E-state index is 1.42. The molecule has 1 aromatic heterocycles. The van der Waals surface area contributed by atoms with E-state index in [0.717, 1.165) is 0 Å². The molecule has 0 saturated heterocycles. The Hall–Kier alpha value is -1.15. The SMILES string of the molecule is OB(O)c1c(F)nc(F)c(F)c1F. The molecule has 8 heteroatoms. The van der Waals surface area contributed by atoms with Crippen LogP contribution in [0.25, 0.3) is 0 Å². The summed E-state index contributed by atoms with van der Waals surface area (Å²) >= 11 is 0. The second-order valence-electron chi connectivity index (χ2n) is 2.11. The van der Waals surface area contributed by atoms with Gasteiger partial charge in [0.15, 0.2) is 5.82 Å². The van der Waals surface area contributed by atoms with Crippen LogP contribution in [0.5, 0.6) is 0 Å². The van der Waals surface area contributed by atoms with Gasteiger partial charge in [0.1, 0.15) is 0 Å². The number of aromatic nitrogens is 1. The molecule has 0 aliphatic rings. The summed E-state index contributed by atoms with van der Waals surface area (Å²) in [6.07, 6.45) is 0. The number of nitrogens with zero attached hydrogens (tertiary/aromatic N) is 1. The molecule has 1 aromatic rings. The van der Waals surface area contributed by atoms with E-state index < -0.39 is 36.1 Å². The number of halogens is 4. The maximum atomic E-state index is 12.6. The van der Waals surface area contributed by atoms with Gasteiger partial charge in [-0.25, -0.2) is 4.39 Å². The molecule has 3 nitrogen and oxygen atoms in total. The number of hydrogen-bond acceptors (Lipinski definition) is 3. The highest BCUT2D eigenvalue weighted by Crippen LogP contribution is 2.07. The molecule has 0 saturated carbocycles. The average Bonchev–Trinajstić information content (AvgIpc) is 1.99. The van der Waals surface area contributed by atoms with Crippen molar-refractivity contribution in [3.05, 3.63) is 23.5 Å². The van der Waals surface area contributed by atoms with Crippen LogP contribution in [0.1, 0.15) is 0 Å². The Morgan fingerprint density at radius 3 is 1.92 bits per heavy atom. The fourth-order valence-electron chi connectivity index (χ4n) is 0.715. The molecule has 0 radical (unpaired) electrons. The molecule has 0 aromatic carbocycles. The van der Waals surface area contributed by atoms with Crippen molar-refractivity contribution in [2.24, 2.45) is 0 Å². The highest BCUT2D eigenvalue weighted by Gasteiger charge is 2.28. The van der Waals surface area contributed by atoms with Gasteiger partial charge in [-0.3, -0.25) is 0 Å². The van der Waals surface area contributed by atoms with Crippen LogP contribution in [0, 0.1) is 23.5 Å². The molecule has 0 atom stereocenters. The summed E-state index contributed by atoms with van der Waals surface area (Å²) in [5, 5.41) is 16.7. The Bertz CT molecular complexity index is 346. The topological polar surface area (TPSA) is 53.4 Å². The van der Waals surface area contributed by atoms with Crippen LogP contribution < -0.4 is 5.46 Å². The Morgan fingerprint density at radius 1 is 0.923 bits per heavy atom. The molecule has 2 N–H and O–H groups in total. The molecule has 13 heavy (non-hydrogen) atoms. The quantitative estimate of drug-likeness (QED) is 0.354. The third-order valence-electron chi connectivity index (χ3n) is 1.29. The van der Waals surface area contributed by atoms with Crippen molar-refractivity contribution in [2.45, 2.75) is 0 Å². The molecule has 0 aliphatic carbocycles. The zero-order valence-corrected chi connectivity index (χ0v) is 5.93. The van der Waals surface area contributed by atoms with Crippen molar-refractivity contribution in [1.82, 2.24) is 4.98 Å².